The quantitative estimate of drug-likeness (QED) is 0.0313. The number of carbonyl (C=O) groups is 2. The minimum Gasteiger partial charge on any atom is -0.464 e. The SMILES string of the molecule is CCCCCCCCCCCCCCCC(=O)/C(=N/OC(c1ccccc1)(c1ccccc1)c1ccccc1)C(=O)OC. The Morgan fingerprint density at radius 1 is 0.581 bits per heavy atom. The lowest BCUT2D eigenvalue weighted by Crippen LogP contribution is -2.33. The largest absolute Gasteiger partial charge is 0.464 e. The molecule has 0 saturated heterocycles. The monoisotopic (exact) mass is 583 g/mol. The number of hydrogen-bond donors (Lipinski definition) is 0. The lowest BCUT2D eigenvalue weighted by atomic mass is 9.80. The molecule has 0 saturated carbocycles. The van der Waals surface area contributed by atoms with E-state index in [1.54, 1.807) is 0 Å². The summed E-state index contributed by atoms with van der Waals surface area (Å²) in [7, 11) is 1.26. The van der Waals surface area contributed by atoms with Crippen LogP contribution in [0.4, 0.5) is 0 Å². The number of carbonyl (C=O) groups excluding carboxylic acids is 2. The molecule has 0 aromatic heterocycles. The first kappa shape index (κ1) is 33.8. The van der Waals surface area contributed by atoms with Gasteiger partial charge in [0.2, 0.25) is 11.3 Å². The van der Waals surface area contributed by atoms with Crippen molar-refractivity contribution in [2.45, 2.75) is 102 Å². The number of methoxy groups -OCH3 is 1. The fourth-order valence-electron chi connectivity index (χ4n) is 5.51. The van der Waals surface area contributed by atoms with Crippen molar-refractivity contribution in [2.75, 3.05) is 7.11 Å². The van der Waals surface area contributed by atoms with E-state index in [2.05, 4.69) is 12.1 Å². The minimum atomic E-state index is -1.18. The van der Waals surface area contributed by atoms with Crippen LogP contribution in [0, 0.1) is 0 Å². The van der Waals surface area contributed by atoms with Crippen LogP contribution in [-0.2, 0) is 24.8 Å². The zero-order valence-corrected chi connectivity index (χ0v) is 26.1. The average Bonchev–Trinajstić information content (AvgIpc) is 3.06. The number of hydrogen-bond acceptors (Lipinski definition) is 5. The van der Waals surface area contributed by atoms with Gasteiger partial charge in [0, 0.05) is 23.1 Å². The summed E-state index contributed by atoms with van der Waals surface area (Å²) in [4.78, 5) is 32.4. The summed E-state index contributed by atoms with van der Waals surface area (Å²) in [6.45, 7) is 2.26. The standard InChI is InChI=1S/C38H49NO4/c1-3-4-5-6-7-8-9-10-11-12-13-14-24-31-35(40)36(37(41)42-2)39-43-38(32-25-18-15-19-26-32,33-27-20-16-21-28-33)34-29-22-17-23-30-34/h15-23,25-30H,3-14,24,31H2,1-2H3/b39-36-. The third kappa shape index (κ3) is 10.5. The van der Waals surface area contributed by atoms with Crippen LogP contribution in [0.15, 0.2) is 96.2 Å². The van der Waals surface area contributed by atoms with Crippen molar-refractivity contribution in [3.8, 4) is 0 Å². The third-order valence-corrected chi connectivity index (χ3v) is 7.97. The zero-order chi connectivity index (χ0) is 30.6. The molecule has 5 nitrogen and oxygen atoms in total. The number of Topliss-reactive ketones (excluding diaryl/α,β-unsaturated/α-hetero) is 1. The van der Waals surface area contributed by atoms with Crippen LogP contribution in [0.3, 0.4) is 0 Å². The molecule has 0 radical (unpaired) electrons. The van der Waals surface area contributed by atoms with E-state index >= 15 is 0 Å². The van der Waals surface area contributed by atoms with Gasteiger partial charge < -0.3 is 9.57 Å². The second-order valence-corrected chi connectivity index (χ2v) is 11.2. The van der Waals surface area contributed by atoms with Crippen molar-refractivity contribution in [2.24, 2.45) is 5.16 Å². The number of benzene rings is 3. The molecule has 0 aliphatic carbocycles. The van der Waals surface area contributed by atoms with E-state index in [9.17, 15) is 9.59 Å². The first-order chi connectivity index (χ1) is 21.1. The third-order valence-electron chi connectivity index (χ3n) is 7.97. The maximum absolute atomic E-state index is 13.3. The van der Waals surface area contributed by atoms with Crippen molar-refractivity contribution < 1.29 is 19.2 Å². The predicted octanol–water partition coefficient (Wildman–Crippen LogP) is 9.57. The Morgan fingerprint density at radius 2 is 0.953 bits per heavy atom. The molecule has 0 bridgehead atoms. The van der Waals surface area contributed by atoms with E-state index in [-0.39, 0.29) is 17.9 Å². The molecule has 43 heavy (non-hydrogen) atoms. The molecule has 0 unspecified atom stereocenters. The van der Waals surface area contributed by atoms with Crippen LogP contribution in [0.2, 0.25) is 0 Å². The molecular weight excluding hydrogens is 534 g/mol. The van der Waals surface area contributed by atoms with Gasteiger partial charge in [0.25, 0.3) is 0 Å². The van der Waals surface area contributed by atoms with E-state index in [1.807, 2.05) is 91.0 Å². The molecule has 0 N–H and O–H groups in total. The van der Waals surface area contributed by atoms with Crippen molar-refractivity contribution in [3.63, 3.8) is 0 Å². The van der Waals surface area contributed by atoms with E-state index in [0.29, 0.717) is 6.42 Å². The van der Waals surface area contributed by atoms with Gasteiger partial charge in [0.15, 0.2) is 5.78 Å². The van der Waals surface area contributed by atoms with E-state index in [1.165, 1.54) is 71.3 Å². The molecule has 3 aromatic rings. The first-order valence-electron chi connectivity index (χ1n) is 16.2. The topological polar surface area (TPSA) is 65.0 Å². The van der Waals surface area contributed by atoms with E-state index in [0.717, 1.165) is 29.5 Å². The normalized spacial score (nSPS) is 11.7. The summed E-state index contributed by atoms with van der Waals surface area (Å²) >= 11 is 0. The van der Waals surface area contributed by atoms with Gasteiger partial charge in [-0.25, -0.2) is 4.79 Å². The van der Waals surface area contributed by atoms with Gasteiger partial charge in [0.1, 0.15) is 0 Å². The predicted molar refractivity (Wildman–Crippen MR) is 175 cm³/mol. The fourth-order valence-corrected chi connectivity index (χ4v) is 5.51. The maximum atomic E-state index is 13.3. The van der Waals surface area contributed by atoms with Gasteiger partial charge >= 0.3 is 5.97 Å². The van der Waals surface area contributed by atoms with Gasteiger partial charge in [-0.1, -0.05) is 180 Å². The van der Waals surface area contributed by atoms with Gasteiger partial charge in [-0.3, -0.25) is 4.79 Å². The Labute approximate surface area is 258 Å². The van der Waals surface area contributed by atoms with Gasteiger partial charge in [-0.05, 0) is 6.42 Å². The van der Waals surface area contributed by atoms with Crippen LogP contribution in [-0.4, -0.2) is 24.6 Å². The lowest BCUT2D eigenvalue weighted by Gasteiger charge is -2.33. The first-order valence-corrected chi connectivity index (χ1v) is 16.2. The number of esters is 1. The van der Waals surface area contributed by atoms with Crippen LogP contribution >= 0.6 is 0 Å². The molecule has 0 heterocycles. The molecule has 3 aromatic carbocycles. The van der Waals surface area contributed by atoms with Crippen LogP contribution in [0.5, 0.6) is 0 Å². The van der Waals surface area contributed by atoms with E-state index in [4.69, 9.17) is 9.57 Å². The fraction of sp³-hybridized carbons (Fsp3) is 0.447. The summed E-state index contributed by atoms with van der Waals surface area (Å²) < 4.78 is 4.96. The van der Waals surface area contributed by atoms with Crippen LogP contribution in [0.25, 0.3) is 0 Å². The van der Waals surface area contributed by atoms with Crippen molar-refractivity contribution >= 4 is 17.5 Å². The highest BCUT2D eigenvalue weighted by atomic mass is 16.7. The number of rotatable bonds is 21. The second-order valence-electron chi connectivity index (χ2n) is 11.2. The van der Waals surface area contributed by atoms with Crippen LogP contribution < -0.4 is 0 Å². The number of unbranched alkanes of at least 4 members (excludes halogenated alkanes) is 12. The van der Waals surface area contributed by atoms with E-state index < -0.39 is 11.6 Å². The average molecular weight is 584 g/mol. The zero-order valence-electron chi connectivity index (χ0n) is 26.1. The maximum Gasteiger partial charge on any atom is 0.363 e. The molecule has 5 heteroatoms. The highest BCUT2D eigenvalue weighted by Gasteiger charge is 2.40. The number of ketones is 1. The van der Waals surface area contributed by atoms with Gasteiger partial charge in [0.05, 0.1) is 7.11 Å². The molecule has 230 valence electrons. The highest BCUT2D eigenvalue weighted by Crippen LogP contribution is 2.40. The molecule has 0 aliphatic rings. The Kier molecular flexibility index (Phi) is 15.3. The summed E-state index contributed by atoms with van der Waals surface area (Å²) in [5, 5.41) is 4.27. The Balaban J connectivity index is 1.65. The van der Waals surface area contributed by atoms with Gasteiger partial charge in [-0.15, -0.1) is 0 Å². The summed E-state index contributed by atoms with van der Waals surface area (Å²) in [6, 6.07) is 29.2. The van der Waals surface area contributed by atoms with Crippen molar-refractivity contribution in [1.29, 1.82) is 0 Å². The molecule has 3 rings (SSSR count). The van der Waals surface area contributed by atoms with Crippen LogP contribution in [0.1, 0.15) is 114 Å². The Morgan fingerprint density at radius 3 is 1.33 bits per heavy atom. The number of ether oxygens (including phenoxy) is 1. The molecular formula is C38H49NO4. The highest BCUT2D eigenvalue weighted by molar-refractivity contribution is 6.64. The summed E-state index contributed by atoms with van der Waals surface area (Å²) in [6.07, 6.45) is 16.1. The number of nitrogens with zero attached hydrogens (tertiary/aromatic N) is 1. The number of oxime groups is 1. The molecule has 0 atom stereocenters. The van der Waals surface area contributed by atoms with Crippen molar-refractivity contribution in [3.05, 3.63) is 108 Å². The lowest BCUT2D eigenvalue weighted by molar-refractivity contribution is -0.134. The summed E-state index contributed by atoms with van der Waals surface area (Å²) in [5.74, 6) is -1.15. The molecule has 0 amide bonds. The minimum absolute atomic E-state index is 0.226. The Hall–Kier alpha value is -3.73. The van der Waals surface area contributed by atoms with Crippen molar-refractivity contribution in [1.82, 2.24) is 0 Å². The van der Waals surface area contributed by atoms with Gasteiger partial charge in [-0.2, -0.15) is 0 Å². The smallest absolute Gasteiger partial charge is 0.363 e. The Bertz CT molecular complexity index is 1130. The molecule has 0 fully saturated rings. The molecule has 0 aliphatic heterocycles. The second kappa shape index (κ2) is 19.5. The molecule has 0 spiro atoms. The summed E-state index contributed by atoms with van der Waals surface area (Å²) in [5.41, 5.74) is 0.977.